The SMILES string of the molecule is CCNC(=NCC(C)(C)C(N)=O)N1CCN(Cc2ccccc2)CC1. The van der Waals surface area contributed by atoms with Crippen molar-refractivity contribution in [3.05, 3.63) is 35.9 Å². The number of guanidine groups is 1. The van der Waals surface area contributed by atoms with Crippen LogP contribution in [0, 0.1) is 5.41 Å². The number of benzene rings is 1. The molecule has 0 aromatic heterocycles. The Kier molecular flexibility index (Phi) is 6.82. The van der Waals surface area contributed by atoms with Crippen molar-refractivity contribution in [1.29, 1.82) is 0 Å². The number of nitrogens with one attached hydrogen (secondary N) is 1. The summed E-state index contributed by atoms with van der Waals surface area (Å²) in [7, 11) is 0. The van der Waals surface area contributed by atoms with Gasteiger partial charge in [-0.3, -0.25) is 14.7 Å². The Morgan fingerprint density at radius 2 is 1.84 bits per heavy atom. The van der Waals surface area contributed by atoms with Crippen molar-refractivity contribution >= 4 is 11.9 Å². The van der Waals surface area contributed by atoms with Crippen LogP contribution in [-0.2, 0) is 11.3 Å². The van der Waals surface area contributed by atoms with Crippen LogP contribution in [0.2, 0.25) is 0 Å². The second kappa shape index (κ2) is 8.85. The van der Waals surface area contributed by atoms with Crippen LogP contribution in [0.3, 0.4) is 0 Å². The first-order valence-electron chi connectivity index (χ1n) is 9.02. The zero-order valence-corrected chi connectivity index (χ0v) is 15.7. The molecule has 3 N–H and O–H groups in total. The Balaban J connectivity index is 1.92. The number of amides is 1. The van der Waals surface area contributed by atoms with Crippen molar-refractivity contribution in [1.82, 2.24) is 15.1 Å². The Morgan fingerprint density at radius 1 is 1.20 bits per heavy atom. The summed E-state index contributed by atoms with van der Waals surface area (Å²) in [6.45, 7) is 11.8. The number of hydrogen-bond donors (Lipinski definition) is 2. The zero-order valence-electron chi connectivity index (χ0n) is 15.7. The number of nitrogens with two attached hydrogens (primary N) is 1. The smallest absolute Gasteiger partial charge is 0.224 e. The molecule has 1 aliphatic heterocycles. The predicted molar refractivity (Wildman–Crippen MR) is 102 cm³/mol. The van der Waals surface area contributed by atoms with Gasteiger partial charge in [-0.15, -0.1) is 0 Å². The molecule has 1 amide bonds. The minimum Gasteiger partial charge on any atom is -0.369 e. The first-order chi connectivity index (χ1) is 11.9. The van der Waals surface area contributed by atoms with Gasteiger partial charge in [0.15, 0.2) is 5.96 Å². The molecule has 1 saturated heterocycles. The summed E-state index contributed by atoms with van der Waals surface area (Å²) in [5.41, 5.74) is 6.17. The molecule has 25 heavy (non-hydrogen) atoms. The van der Waals surface area contributed by atoms with Gasteiger partial charge in [-0.05, 0) is 26.3 Å². The van der Waals surface area contributed by atoms with E-state index in [4.69, 9.17) is 5.73 Å². The summed E-state index contributed by atoms with van der Waals surface area (Å²) in [6, 6.07) is 10.6. The largest absolute Gasteiger partial charge is 0.369 e. The molecule has 6 nitrogen and oxygen atoms in total. The molecule has 0 atom stereocenters. The number of carbonyl (C=O) groups is 1. The average molecular weight is 345 g/mol. The van der Waals surface area contributed by atoms with E-state index in [0.29, 0.717) is 6.54 Å². The van der Waals surface area contributed by atoms with E-state index in [0.717, 1.165) is 45.2 Å². The summed E-state index contributed by atoms with van der Waals surface area (Å²) < 4.78 is 0. The Bertz CT molecular complexity index is 577. The number of aliphatic imine (C=N–C) groups is 1. The van der Waals surface area contributed by atoms with Crippen LogP contribution in [0.25, 0.3) is 0 Å². The molecule has 0 bridgehead atoms. The molecule has 0 spiro atoms. The van der Waals surface area contributed by atoms with Gasteiger partial charge < -0.3 is 16.0 Å². The number of hydrogen-bond acceptors (Lipinski definition) is 3. The van der Waals surface area contributed by atoms with Gasteiger partial charge in [0.1, 0.15) is 0 Å². The van der Waals surface area contributed by atoms with Gasteiger partial charge in [-0.1, -0.05) is 30.3 Å². The van der Waals surface area contributed by atoms with Crippen molar-refractivity contribution in [2.75, 3.05) is 39.3 Å². The molecule has 0 radical (unpaired) electrons. The molecule has 1 heterocycles. The average Bonchev–Trinajstić information content (AvgIpc) is 2.60. The molecule has 6 heteroatoms. The maximum Gasteiger partial charge on any atom is 0.224 e. The van der Waals surface area contributed by atoms with E-state index >= 15 is 0 Å². The third-order valence-electron chi connectivity index (χ3n) is 4.55. The Hall–Kier alpha value is -2.08. The quantitative estimate of drug-likeness (QED) is 0.602. The van der Waals surface area contributed by atoms with Crippen LogP contribution in [0.15, 0.2) is 35.3 Å². The Labute approximate surface area is 151 Å². The molecule has 0 saturated carbocycles. The van der Waals surface area contributed by atoms with E-state index in [-0.39, 0.29) is 5.91 Å². The maximum absolute atomic E-state index is 11.5. The maximum atomic E-state index is 11.5. The van der Waals surface area contributed by atoms with Crippen LogP contribution in [0.4, 0.5) is 0 Å². The van der Waals surface area contributed by atoms with E-state index in [9.17, 15) is 4.79 Å². The van der Waals surface area contributed by atoms with Gasteiger partial charge in [0.25, 0.3) is 0 Å². The van der Waals surface area contributed by atoms with Gasteiger partial charge in [0, 0.05) is 39.3 Å². The lowest BCUT2D eigenvalue weighted by Crippen LogP contribution is -2.52. The first kappa shape index (κ1) is 19.2. The van der Waals surface area contributed by atoms with E-state index in [2.05, 4.69) is 51.3 Å². The summed E-state index contributed by atoms with van der Waals surface area (Å²) in [5.74, 6) is 0.552. The molecule has 1 aromatic rings. The lowest BCUT2D eigenvalue weighted by atomic mass is 9.93. The lowest BCUT2D eigenvalue weighted by molar-refractivity contribution is -0.125. The molecular weight excluding hydrogens is 314 g/mol. The number of primary amides is 1. The minimum atomic E-state index is -0.629. The van der Waals surface area contributed by atoms with Crippen molar-refractivity contribution in [3.8, 4) is 0 Å². The number of piperazine rings is 1. The zero-order chi connectivity index (χ0) is 18.3. The van der Waals surface area contributed by atoms with Crippen molar-refractivity contribution in [2.24, 2.45) is 16.1 Å². The van der Waals surface area contributed by atoms with Gasteiger partial charge in [0.05, 0.1) is 12.0 Å². The van der Waals surface area contributed by atoms with Crippen molar-refractivity contribution in [3.63, 3.8) is 0 Å². The first-order valence-corrected chi connectivity index (χ1v) is 9.02. The highest BCUT2D eigenvalue weighted by Crippen LogP contribution is 2.15. The van der Waals surface area contributed by atoms with Crippen molar-refractivity contribution in [2.45, 2.75) is 27.3 Å². The fraction of sp³-hybridized carbons (Fsp3) is 0.579. The molecule has 1 aromatic carbocycles. The minimum absolute atomic E-state index is 0.320. The molecule has 1 aliphatic rings. The molecular formula is C19H31N5O. The third kappa shape index (κ3) is 5.74. The van der Waals surface area contributed by atoms with E-state index in [1.807, 2.05) is 19.9 Å². The van der Waals surface area contributed by atoms with Crippen LogP contribution in [0.5, 0.6) is 0 Å². The highest BCUT2D eigenvalue weighted by atomic mass is 16.1. The molecule has 0 aliphatic carbocycles. The molecule has 0 unspecified atom stereocenters. The molecule has 2 rings (SSSR count). The normalized spacial score (nSPS) is 16.8. The molecule has 138 valence electrons. The second-order valence-corrected chi connectivity index (χ2v) is 7.17. The number of carbonyl (C=O) groups excluding carboxylic acids is 1. The number of nitrogens with zero attached hydrogens (tertiary/aromatic N) is 3. The predicted octanol–water partition coefficient (Wildman–Crippen LogP) is 1.28. The monoisotopic (exact) mass is 345 g/mol. The van der Waals surface area contributed by atoms with E-state index < -0.39 is 5.41 Å². The van der Waals surface area contributed by atoms with Gasteiger partial charge in [0.2, 0.25) is 5.91 Å². The Morgan fingerprint density at radius 3 is 2.40 bits per heavy atom. The van der Waals surface area contributed by atoms with Crippen molar-refractivity contribution < 1.29 is 4.79 Å². The fourth-order valence-corrected chi connectivity index (χ4v) is 2.74. The van der Waals surface area contributed by atoms with Crippen LogP contribution < -0.4 is 11.1 Å². The highest BCUT2D eigenvalue weighted by molar-refractivity contribution is 5.82. The van der Waals surface area contributed by atoms with Gasteiger partial charge in [-0.2, -0.15) is 0 Å². The summed E-state index contributed by atoms with van der Waals surface area (Å²) in [6.07, 6.45) is 0. The van der Waals surface area contributed by atoms with Crippen LogP contribution in [0.1, 0.15) is 26.3 Å². The summed E-state index contributed by atoms with van der Waals surface area (Å²) in [4.78, 5) is 20.9. The topological polar surface area (TPSA) is 74.0 Å². The van der Waals surface area contributed by atoms with Crippen LogP contribution in [-0.4, -0.2) is 60.9 Å². The molecule has 1 fully saturated rings. The second-order valence-electron chi connectivity index (χ2n) is 7.17. The lowest BCUT2D eigenvalue weighted by Gasteiger charge is -2.36. The van der Waals surface area contributed by atoms with Gasteiger partial charge >= 0.3 is 0 Å². The van der Waals surface area contributed by atoms with Gasteiger partial charge in [-0.25, -0.2) is 0 Å². The van der Waals surface area contributed by atoms with Crippen LogP contribution >= 0.6 is 0 Å². The third-order valence-corrected chi connectivity index (χ3v) is 4.55. The summed E-state index contributed by atoms with van der Waals surface area (Å²) >= 11 is 0. The van der Waals surface area contributed by atoms with E-state index in [1.165, 1.54) is 5.56 Å². The van der Waals surface area contributed by atoms with E-state index in [1.54, 1.807) is 0 Å². The number of rotatable bonds is 6. The fourth-order valence-electron chi connectivity index (χ4n) is 2.74. The highest BCUT2D eigenvalue weighted by Gasteiger charge is 2.26. The standard InChI is InChI=1S/C19H31N5O/c1-4-21-18(22-15-19(2,3)17(20)25)24-12-10-23(11-13-24)14-16-8-6-5-7-9-16/h5-9H,4,10-15H2,1-3H3,(H2,20,25)(H,21,22). The summed E-state index contributed by atoms with van der Waals surface area (Å²) in [5, 5.41) is 3.33.